The Labute approximate surface area is 232 Å². The second-order valence-electron chi connectivity index (χ2n) is 11.0. The SMILES string of the molecule is O=C(CCCc1ccc([N+](=O)[O-])cc1)OC[C@@H]1C2CCC(C2)C[C@@H]1OC(c1ccc(F)cc1)c1ccc(F)cc1. The molecule has 6 nitrogen and oxygen atoms in total. The summed E-state index contributed by atoms with van der Waals surface area (Å²) in [5.41, 5.74) is 2.55. The van der Waals surface area contributed by atoms with Gasteiger partial charge >= 0.3 is 5.97 Å². The molecule has 0 aliphatic heterocycles. The van der Waals surface area contributed by atoms with Crippen LogP contribution in [0.3, 0.4) is 0 Å². The molecule has 3 aromatic rings. The van der Waals surface area contributed by atoms with E-state index in [9.17, 15) is 23.7 Å². The highest BCUT2D eigenvalue weighted by Crippen LogP contribution is 2.48. The third-order valence-corrected chi connectivity index (χ3v) is 8.32. The van der Waals surface area contributed by atoms with Gasteiger partial charge in [0.2, 0.25) is 0 Å². The maximum atomic E-state index is 13.7. The van der Waals surface area contributed by atoms with Gasteiger partial charge in [-0.25, -0.2) is 8.78 Å². The molecule has 2 aliphatic carbocycles. The van der Waals surface area contributed by atoms with Crippen molar-refractivity contribution < 1.29 is 28.0 Å². The Kier molecular flexibility index (Phi) is 8.85. The Morgan fingerprint density at radius 1 is 0.900 bits per heavy atom. The number of carbonyl (C=O) groups is 1. The van der Waals surface area contributed by atoms with E-state index in [-0.39, 0.29) is 48.3 Å². The lowest BCUT2D eigenvalue weighted by molar-refractivity contribution is -0.384. The minimum atomic E-state index is -0.497. The summed E-state index contributed by atoms with van der Waals surface area (Å²) in [5, 5.41) is 10.8. The zero-order valence-electron chi connectivity index (χ0n) is 22.2. The fourth-order valence-corrected chi connectivity index (χ4v) is 6.21. The van der Waals surface area contributed by atoms with Crippen molar-refractivity contribution in [2.45, 2.75) is 57.2 Å². The largest absolute Gasteiger partial charge is 0.465 e. The van der Waals surface area contributed by atoms with Crippen LogP contribution in [0.25, 0.3) is 0 Å². The molecule has 2 aliphatic rings. The minimum absolute atomic E-state index is 0.0424. The number of halogens is 2. The number of nitrogens with zero attached hydrogens (tertiary/aromatic N) is 1. The van der Waals surface area contributed by atoms with Crippen LogP contribution in [0, 0.1) is 39.5 Å². The predicted molar refractivity (Wildman–Crippen MR) is 145 cm³/mol. The molecule has 40 heavy (non-hydrogen) atoms. The van der Waals surface area contributed by atoms with Crippen molar-refractivity contribution in [3.8, 4) is 0 Å². The molecule has 2 saturated carbocycles. The highest BCUT2D eigenvalue weighted by Gasteiger charge is 2.44. The highest BCUT2D eigenvalue weighted by atomic mass is 19.1. The fourth-order valence-electron chi connectivity index (χ4n) is 6.21. The zero-order chi connectivity index (χ0) is 28.1. The molecule has 5 rings (SSSR count). The van der Waals surface area contributed by atoms with Gasteiger partial charge in [0, 0.05) is 24.5 Å². The molecule has 0 spiro atoms. The average Bonchev–Trinajstić information content (AvgIpc) is 3.34. The van der Waals surface area contributed by atoms with E-state index in [4.69, 9.17) is 9.47 Å². The smallest absolute Gasteiger partial charge is 0.305 e. The normalized spacial score (nSPS) is 21.9. The number of nitro groups is 1. The molecule has 210 valence electrons. The summed E-state index contributed by atoms with van der Waals surface area (Å²) in [5.74, 6) is 0.0611. The van der Waals surface area contributed by atoms with Gasteiger partial charge in [-0.2, -0.15) is 0 Å². The minimum Gasteiger partial charge on any atom is -0.465 e. The van der Waals surface area contributed by atoms with Crippen LogP contribution in [0.5, 0.6) is 0 Å². The first-order valence-corrected chi connectivity index (χ1v) is 13.9. The molecular formula is C32H33F2NO5. The molecule has 3 aromatic carbocycles. The Balaban J connectivity index is 1.22. The first kappa shape index (κ1) is 27.9. The first-order valence-electron chi connectivity index (χ1n) is 13.9. The summed E-state index contributed by atoms with van der Waals surface area (Å²) in [7, 11) is 0. The molecule has 0 N–H and O–H groups in total. The molecule has 2 unspecified atom stereocenters. The number of fused-ring (bicyclic) bond motifs is 2. The van der Waals surface area contributed by atoms with Gasteiger partial charge in [0.1, 0.15) is 17.7 Å². The van der Waals surface area contributed by atoms with Crippen molar-refractivity contribution in [2.75, 3.05) is 6.61 Å². The molecule has 0 aromatic heterocycles. The lowest BCUT2D eigenvalue weighted by Crippen LogP contribution is -2.38. The summed E-state index contributed by atoms with van der Waals surface area (Å²) in [6, 6.07) is 18.7. The van der Waals surface area contributed by atoms with Crippen molar-refractivity contribution in [3.63, 3.8) is 0 Å². The van der Waals surface area contributed by atoms with E-state index in [1.165, 1.54) is 36.4 Å². The van der Waals surface area contributed by atoms with Gasteiger partial charge in [0.25, 0.3) is 5.69 Å². The van der Waals surface area contributed by atoms with Crippen LogP contribution >= 0.6 is 0 Å². The van der Waals surface area contributed by atoms with Gasteiger partial charge in [0.15, 0.2) is 0 Å². The highest BCUT2D eigenvalue weighted by molar-refractivity contribution is 5.69. The molecule has 0 amide bonds. The van der Waals surface area contributed by atoms with Crippen molar-refractivity contribution >= 4 is 11.7 Å². The number of aryl methyl sites for hydroxylation is 1. The van der Waals surface area contributed by atoms with Crippen LogP contribution in [0.4, 0.5) is 14.5 Å². The molecule has 4 atom stereocenters. The third kappa shape index (κ3) is 6.91. The van der Waals surface area contributed by atoms with Crippen molar-refractivity contribution in [1.29, 1.82) is 0 Å². The van der Waals surface area contributed by atoms with E-state index < -0.39 is 11.0 Å². The van der Waals surface area contributed by atoms with E-state index in [1.54, 1.807) is 36.4 Å². The van der Waals surface area contributed by atoms with Crippen LogP contribution < -0.4 is 0 Å². The summed E-state index contributed by atoms with van der Waals surface area (Å²) in [6.07, 6.45) is 4.98. The Bertz CT molecular complexity index is 1250. The summed E-state index contributed by atoms with van der Waals surface area (Å²) >= 11 is 0. The number of ether oxygens (including phenoxy) is 2. The lowest BCUT2D eigenvalue weighted by Gasteiger charge is -2.38. The molecule has 2 fully saturated rings. The number of hydrogen-bond donors (Lipinski definition) is 0. The van der Waals surface area contributed by atoms with Gasteiger partial charge in [-0.15, -0.1) is 0 Å². The number of rotatable bonds is 11. The van der Waals surface area contributed by atoms with E-state index >= 15 is 0 Å². The van der Waals surface area contributed by atoms with Crippen molar-refractivity contribution in [3.05, 3.63) is 111 Å². The number of nitro benzene ring substituents is 1. The zero-order valence-corrected chi connectivity index (χ0v) is 22.2. The summed E-state index contributed by atoms with van der Waals surface area (Å²) < 4.78 is 39.9. The number of carbonyl (C=O) groups excluding carboxylic acids is 1. The predicted octanol–water partition coefficient (Wildman–Crippen LogP) is 7.35. The monoisotopic (exact) mass is 549 g/mol. The van der Waals surface area contributed by atoms with E-state index in [0.717, 1.165) is 42.4 Å². The number of esters is 1. The first-order chi connectivity index (χ1) is 19.4. The van der Waals surface area contributed by atoms with E-state index in [1.807, 2.05) is 0 Å². The topological polar surface area (TPSA) is 78.7 Å². The Morgan fingerprint density at radius 3 is 2.12 bits per heavy atom. The standard InChI is InChI=1S/C32H33F2NO5/c33-26-12-8-23(9-13-26)32(24-10-14-27(34)15-11-24)40-30-19-22-4-7-25(18-22)29(30)20-39-31(36)3-1-2-21-5-16-28(17-6-21)35(37)38/h5-6,8-17,22,25,29-30,32H,1-4,7,18-20H2/t22?,25?,29-,30+/m1/s1. The molecule has 0 heterocycles. The van der Waals surface area contributed by atoms with Gasteiger partial charge in [0.05, 0.1) is 17.6 Å². The second kappa shape index (κ2) is 12.7. The molecule has 0 saturated heterocycles. The van der Waals surface area contributed by atoms with E-state index in [0.29, 0.717) is 24.7 Å². The number of hydrogen-bond acceptors (Lipinski definition) is 5. The Morgan fingerprint density at radius 2 is 1.52 bits per heavy atom. The third-order valence-electron chi connectivity index (χ3n) is 8.32. The van der Waals surface area contributed by atoms with Crippen LogP contribution in [0.15, 0.2) is 72.8 Å². The van der Waals surface area contributed by atoms with Crippen molar-refractivity contribution in [1.82, 2.24) is 0 Å². The maximum absolute atomic E-state index is 13.7. The quantitative estimate of drug-likeness (QED) is 0.142. The van der Waals surface area contributed by atoms with Crippen molar-refractivity contribution in [2.24, 2.45) is 17.8 Å². The number of benzene rings is 3. The summed E-state index contributed by atoms with van der Waals surface area (Å²) in [4.78, 5) is 23.0. The molecule has 8 heteroatoms. The van der Waals surface area contributed by atoms with Gasteiger partial charge < -0.3 is 9.47 Å². The maximum Gasteiger partial charge on any atom is 0.305 e. The van der Waals surface area contributed by atoms with Crippen LogP contribution in [0.2, 0.25) is 0 Å². The summed E-state index contributed by atoms with van der Waals surface area (Å²) in [6.45, 7) is 0.276. The lowest BCUT2D eigenvalue weighted by atomic mass is 9.78. The average molecular weight is 550 g/mol. The van der Waals surface area contributed by atoms with Crippen LogP contribution in [-0.2, 0) is 20.7 Å². The molecule has 0 radical (unpaired) electrons. The van der Waals surface area contributed by atoms with Gasteiger partial charge in [-0.05, 0) is 84.9 Å². The number of non-ortho nitro benzene ring substituents is 1. The molecular weight excluding hydrogens is 516 g/mol. The van der Waals surface area contributed by atoms with Gasteiger partial charge in [-0.1, -0.05) is 42.8 Å². The van der Waals surface area contributed by atoms with Gasteiger partial charge in [-0.3, -0.25) is 14.9 Å². The van der Waals surface area contributed by atoms with Crippen LogP contribution in [0.1, 0.15) is 61.3 Å². The second-order valence-corrected chi connectivity index (χ2v) is 11.0. The molecule has 2 bridgehead atoms. The fraction of sp³-hybridized carbons (Fsp3) is 0.406. The Hall–Kier alpha value is -3.65. The van der Waals surface area contributed by atoms with E-state index in [2.05, 4.69) is 0 Å². The van der Waals surface area contributed by atoms with Crippen LogP contribution in [-0.4, -0.2) is 23.6 Å².